The Morgan fingerprint density at radius 2 is 2.07 bits per heavy atom. The summed E-state index contributed by atoms with van der Waals surface area (Å²) in [6.45, 7) is 3.23. The lowest BCUT2D eigenvalue weighted by Gasteiger charge is -2.18. The predicted molar refractivity (Wildman–Crippen MR) is 106 cm³/mol. The Balaban J connectivity index is 1.89. The van der Waals surface area contributed by atoms with Gasteiger partial charge in [0.05, 0.1) is 5.69 Å². The van der Waals surface area contributed by atoms with Crippen molar-refractivity contribution < 1.29 is 18.7 Å². The molecule has 1 fully saturated rings. The van der Waals surface area contributed by atoms with E-state index >= 15 is 0 Å². The van der Waals surface area contributed by atoms with E-state index in [1.807, 2.05) is 6.92 Å². The van der Waals surface area contributed by atoms with Crippen LogP contribution in [-0.2, 0) is 20.9 Å². The molecule has 0 unspecified atom stereocenters. The van der Waals surface area contributed by atoms with Gasteiger partial charge in [-0.3, -0.25) is 14.5 Å². The molecule has 0 saturated carbocycles. The van der Waals surface area contributed by atoms with E-state index in [1.165, 1.54) is 11.8 Å². The van der Waals surface area contributed by atoms with Crippen LogP contribution in [0, 0.1) is 6.92 Å². The van der Waals surface area contributed by atoms with Crippen LogP contribution in [0.1, 0.15) is 24.0 Å². The van der Waals surface area contributed by atoms with Gasteiger partial charge in [0.1, 0.15) is 23.8 Å². The molecule has 1 aliphatic rings. The van der Waals surface area contributed by atoms with Crippen molar-refractivity contribution in [3.05, 3.63) is 58.1 Å². The first-order valence-corrected chi connectivity index (χ1v) is 8.88. The number of anilines is 1. The third kappa shape index (κ3) is 3.89. The molecule has 3 rings (SSSR count). The number of carbonyl (C=O) groups is 2. The Morgan fingerprint density at radius 3 is 2.74 bits per heavy atom. The lowest BCUT2D eigenvalue weighted by atomic mass is 10.2. The number of thiocarbonyl (C=S) groups is 1. The summed E-state index contributed by atoms with van der Waals surface area (Å²) < 4.78 is 10.5. The molecule has 6 nitrogen and oxygen atoms in total. The Bertz CT molecular complexity index is 966. The smallest absolute Gasteiger partial charge is 0.303 e. The Kier molecular flexibility index (Phi) is 5.34. The summed E-state index contributed by atoms with van der Waals surface area (Å²) in [6.07, 6.45) is 1.61. The fraction of sp³-hybridized carbons (Fsp3) is 0.211. The summed E-state index contributed by atoms with van der Waals surface area (Å²) >= 11 is 11.5. The van der Waals surface area contributed by atoms with Gasteiger partial charge in [0, 0.05) is 25.1 Å². The van der Waals surface area contributed by atoms with E-state index in [0.29, 0.717) is 33.0 Å². The number of hydrogen-bond acceptors (Lipinski definition) is 5. The van der Waals surface area contributed by atoms with E-state index < -0.39 is 5.97 Å². The van der Waals surface area contributed by atoms with E-state index in [9.17, 15) is 9.59 Å². The van der Waals surface area contributed by atoms with Gasteiger partial charge < -0.3 is 14.1 Å². The molecule has 0 bridgehead atoms. The first-order valence-electron chi connectivity index (χ1n) is 8.10. The van der Waals surface area contributed by atoms with Crippen molar-refractivity contribution in [2.45, 2.75) is 20.5 Å². The van der Waals surface area contributed by atoms with Crippen molar-refractivity contribution in [1.82, 2.24) is 4.90 Å². The number of aryl methyl sites for hydroxylation is 1. The van der Waals surface area contributed by atoms with Gasteiger partial charge in [0.15, 0.2) is 5.11 Å². The van der Waals surface area contributed by atoms with Crippen molar-refractivity contribution >= 4 is 52.6 Å². The molecule has 1 amide bonds. The van der Waals surface area contributed by atoms with Crippen LogP contribution < -0.4 is 4.90 Å². The van der Waals surface area contributed by atoms with E-state index in [2.05, 4.69) is 0 Å². The van der Waals surface area contributed by atoms with Crippen LogP contribution in [0.15, 0.2) is 40.4 Å². The summed E-state index contributed by atoms with van der Waals surface area (Å²) in [7, 11) is 1.72. The maximum absolute atomic E-state index is 13.0. The highest BCUT2D eigenvalue weighted by molar-refractivity contribution is 7.80. The molecule has 2 heterocycles. The molecular weight excluding hydrogens is 388 g/mol. The minimum absolute atomic E-state index is 0.0385. The van der Waals surface area contributed by atoms with Gasteiger partial charge in [-0.25, -0.2) is 0 Å². The minimum Gasteiger partial charge on any atom is -0.458 e. The van der Waals surface area contributed by atoms with Crippen LogP contribution in [0.4, 0.5) is 5.69 Å². The predicted octanol–water partition coefficient (Wildman–Crippen LogP) is 3.91. The average molecular weight is 405 g/mol. The molecule has 1 aromatic carbocycles. The molecule has 8 heteroatoms. The first kappa shape index (κ1) is 19.1. The topological polar surface area (TPSA) is 63.0 Å². The Hall–Kier alpha value is -2.64. The lowest BCUT2D eigenvalue weighted by molar-refractivity contribution is -0.142. The number of halogens is 1. The maximum atomic E-state index is 13.0. The number of furan rings is 1. The molecule has 0 radical (unpaired) electrons. The van der Waals surface area contributed by atoms with Crippen LogP contribution in [0.3, 0.4) is 0 Å². The van der Waals surface area contributed by atoms with Crippen LogP contribution >= 0.6 is 23.8 Å². The number of likely N-dealkylation sites (N-methyl/N-ethyl adjacent to an activating group) is 1. The molecule has 0 atom stereocenters. The van der Waals surface area contributed by atoms with Gasteiger partial charge in [0.2, 0.25) is 0 Å². The highest BCUT2D eigenvalue weighted by Crippen LogP contribution is 2.31. The fourth-order valence-electron chi connectivity index (χ4n) is 2.70. The van der Waals surface area contributed by atoms with Crippen LogP contribution in [0.5, 0.6) is 0 Å². The summed E-state index contributed by atoms with van der Waals surface area (Å²) in [4.78, 5) is 27.0. The van der Waals surface area contributed by atoms with Crippen LogP contribution in [-0.4, -0.2) is 28.9 Å². The maximum Gasteiger partial charge on any atom is 0.303 e. The van der Waals surface area contributed by atoms with Gasteiger partial charge in [-0.1, -0.05) is 11.6 Å². The molecule has 140 valence electrons. The van der Waals surface area contributed by atoms with Gasteiger partial charge in [0.25, 0.3) is 5.91 Å². The second-order valence-electron chi connectivity index (χ2n) is 6.03. The molecule has 1 aliphatic heterocycles. The molecule has 2 aromatic rings. The highest BCUT2D eigenvalue weighted by atomic mass is 35.5. The summed E-state index contributed by atoms with van der Waals surface area (Å²) in [6, 6.07) is 8.65. The number of carbonyl (C=O) groups excluding carboxylic acids is 2. The quantitative estimate of drug-likeness (QED) is 0.437. The summed E-state index contributed by atoms with van der Waals surface area (Å²) in [5.74, 6) is 0.296. The summed E-state index contributed by atoms with van der Waals surface area (Å²) in [5, 5.41) is 0.956. The molecule has 0 N–H and O–H groups in total. The van der Waals surface area contributed by atoms with E-state index in [0.717, 1.165) is 5.56 Å². The zero-order valence-electron chi connectivity index (χ0n) is 15.0. The molecule has 1 aromatic heterocycles. The molecule has 0 spiro atoms. The number of ether oxygens (including phenoxy) is 1. The van der Waals surface area contributed by atoms with E-state index in [4.69, 9.17) is 33.0 Å². The second kappa shape index (κ2) is 7.54. The van der Waals surface area contributed by atoms with E-state index in [1.54, 1.807) is 48.4 Å². The molecule has 27 heavy (non-hydrogen) atoms. The third-order valence-corrected chi connectivity index (χ3v) is 4.73. The lowest BCUT2D eigenvalue weighted by Crippen LogP contribution is -2.31. The molecular formula is C19H17ClN2O4S. The summed E-state index contributed by atoms with van der Waals surface area (Å²) in [5.41, 5.74) is 1.90. The minimum atomic E-state index is -0.392. The molecule has 1 saturated heterocycles. The van der Waals surface area contributed by atoms with Gasteiger partial charge in [-0.2, -0.15) is 0 Å². The van der Waals surface area contributed by atoms with Crippen molar-refractivity contribution in [1.29, 1.82) is 0 Å². The Morgan fingerprint density at radius 1 is 1.33 bits per heavy atom. The van der Waals surface area contributed by atoms with Crippen molar-refractivity contribution in [2.75, 3.05) is 11.9 Å². The zero-order chi connectivity index (χ0) is 19.7. The second-order valence-corrected chi connectivity index (χ2v) is 6.83. The third-order valence-electron chi connectivity index (χ3n) is 4.04. The molecule has 0 aliphatic carbocycles. The standard InChI is InChI=1S/C19H17ClN2O4S/c1-11-8-13(20)4-7-16(11)22-18(24)17(21(3)19(22)27)9-14-5-6-15(26-14)10-25-12(2)23/h4-9H,10H2,1-3H3/b17-9+. The van der Waals surface area contributed by atoms with Crippen molar-refractivity contribution in [2.24, 2.45) is 0 Å². The Labute approximate surface area is 166 Å². The monoisotopic (exact) mass is 404 g/mol. The number of hydrogen-bond donors (Lipinski definition) is 0. The number of nitrogens with zero attached hydrogens (tertiary/aromatic N) is 2. The zero-order valence-corrected chi connectivity index (χ0v) is 16.6. The van der Waals surface area contributed by atoms with Gasteiger partial charge in [-0.15, -0.1) is 0 Å². The average Bonchev–Trinajstić information content (AvgIpc) is 3.13. The number of esters is 1. The van der Waals surface area contributed by atoms with E-state index in [-0.39, 0.29) is 12.5 Å². The number of amides is 1. The van der Waals surface area contributed by atoms with Crippen molar-refractivity contribution in [3.8, 4) is 0 Å². The highest BCUT2D eigenvalue weighted by Gasteiger charge is 2.37. The first-order chi connectivity index (χ1) is 12.8. The van der Waals surface area contributed by atoms with Crippen LogP contribution in [0.2, 0.25) is 5.02 Å². The number of benzene rings is 1. The SMILES string of the molecule is CC(=O)OCc1ccc(/C=C2\C(=O)N(c3ccc(Cl)cc3C)C(=S)N2C)o1. The van der Waals surface area contributed by atoms with Crippen LogP contribution in [0.25, 0.3) is 6.08 Å². The normalized spacial score (nSPS) is 15.8. The van der Waals surface area contributed by atoms with Gasteiger partial charge in [-0.05, 0) is 55.0 Å². The van der Waals surface area contributed by atoms with Gasteiger partial charge >= 0.3 is 5.97 Å². The van der Waals surface area contributed by atoms with Crippen molar-refractivity contribution in [3.63, 3.8) is 0 Å². The number of rotatable bonds is 4. The largest absolute Gasteiger partial charge is 0.458 e. The fourth-order valence-corrected chi connectivity index (χ4v) is 3.20.